The molecule has 0 bridgehead atoms. The Morgan fingerprint density at radius 1 is 1.52 bits per heavy atom. The average Bonchev–Trinajstić information content (AvgIpc) is 3.02. The van der Waals surface area contributed by atoms with Gasteiger partial charge in [-0.25, -0.2) is 4.99 Å². The normalized spacial score (nSPS) is 35.1. The summed E-state index contributed by atoms with van der Waals surface area (Å²) in [6.45, 7) is 2.21. The highest BCUT2D eigenvalue weighted by molar-refractivity contribution is 9.10. The van der Waals surface area contributed by atoms with E-state index in [1.807, 2.05) is 18.2 Å². The standard InChI is InChI=1S/C17H20BrN3O2/c1-2-10-5-6-16(8-10)9-17(14(22)20-15(19)21-17)12-7-11(18)3-4-13(12)23-16/h3-4,7,10H,2,5-6,8-9H2,1H3,(H3,19,20,21,22). The molecule has 2 heterocycles. The SMILES string of the molecule is CCC1CCC2(C1)CC1(N=C(N)NC1=O)c1cc(Br)ccc1O2. The van der Waals surface area contributed by atoms with E-state index in [0.717, 1.165) is 41.5 Å². The molecule has 1 amide bonds. The van der Waals surface area contributed by atoms with E-state index in [-0.39, 0.29) is 17.5 Å². The van der Waals surface area contributed by atoms with Crippen LogP contribution in [0.5, 0.6) is 5.75 Å². The minimum atomic E-state index is -0.954. The third-order valence-corrected chi connectivity index (χ3v) is 5.96. The lowest BCUT2D eigenvalue weighted by Gasteiger charge is -2.43. The number of halogens is 1. The number of hydrogen-bond acceptors (Lipinski definition) is 4. The molecule has 0 aromatic heterocycles. The van der Waals surface area contributed by atoms with Crippen molar-refractivity contribution in [2.24, 2.45) is 16.6 Å². The van der Waals surface area contributed by atoms with Crippen LogP contribution in [0.15, 0.2) is 27.7 Å². The fourth-order valence-corrected chi connectivity index (χ4v) is 4.71. The number of guanidine groups is 1. The first-order valence-corrected chi connectivity index (χ1v) is 8.91. The smallest absolute Gasteiger partial charge is 0.259 e. The Balaban J connectivity index is 1.85. The molecule has 3 aliphatic rings. The van der Waals surface area contributed by atoms with Crippen LogP contribution in [0.3, 0.4) is 0 Å². The molecule has 0 saturated heterocycles. The lowest BCUT2D eigenvalue weighted by Crippen LogP contribution is -2.50. The predicted octanol–water partition coefficient (Wildman–Crippen LogP) is 2.82. The number of hydrogen-bond donors (Lipinski definition) is 2. The van der Waals surface area contributed by atoms with Crippen molar-refractivity contribution < 1.29 is 9.53 Å². The molecule has 1 aliphatic carbocycles. The van der Waals surface area contributed by atoms with E-state index in [9.17, 15) is 4.79 Å². The zero-order valence-corrected chi connectivity index (χ0v) is 14.6. The average molecular weight is 378 g/mol. The molecule has 1 aromatic carbocycles. The van der Waals surface area contributed by atoms with Gasteiger partial charge in [-0.3, -0.25) is 10.1 Å². The molecule has 2 spiro atoms. The van der Waals surface area contributed by atoms with Crippen molar-refractivity contribution in [2.45, 2.75) is 50.2 Å². The van der Waals surface area contributed by atoms with Crippen molar-refractivity contribution >= 4 is 27.8 Å². The summed E-state index contributed by atoms with van der Waals surface area (Å²) in [5.41, 5.74) is 5.37. The van der Waals surface area contributed by atoms with E-state index >= 15 is 0 Å². The van der Waals surface area contributed by atoms with Crippen molar-refractivity contribution in [2.75, 3.05) is 0 Å². The number of aliphatic imine (C=N–C) groups is 1. The van der Waals surface area contributed by atoms with Crippen LogP contribution >= 0.6 is 15.9 Å². The molecule has 3 N–H and O–H groups in total. The molecule has 1 fully saturated rings. The van der Waals surface area contributed by atoms with Crippen molar-refractivity contribution in [1.29, 1.82) is 0 Å². The lowest BCUT2D eigenvalue weighted by molar-refractivity contribution is -0.127. The number of carbonyl (C=O) groups is 1. The van der Waals surface area contributed by atoms with Crippen LogP contribution in [0, 0.1) is 5.92 Å². The van der Waals surface area contributed by atoms with Gasteiger partial charge in [0.1, 0.15) is 11.4 Å². The predicted molar refractivity (Wildman–Crippen MR) is 91.2 cm³/mol. The van der Waals surface area contributed by atoms with Gasteiger partial charge in [0, 0.05) is 16.5 Å². The third kappa shape index (κ3) is 2.18. The van der Waals surface area contributed by atoms with E-state index in [4.69, 9.17) is 10.5 Å². The van der Waals surface area contributed by atoms with Gasteiger partial charge in [0.15, 0.2) is 11.5 Å². The lowest BCUT2D eigenvalue weighted by atomic mass is 9.75. The van der Waals surface area contributed by atoms with Crippen molar-refractivity contribution in [3.63, 3.8) is 0 Å². The van der Waals surface area contributed by atoms with Gasteiger partial charge in [-0.1, -0.05) is 29.3 Å². The first kappa shape index (κ1) is 15.0. The van der Waals surface area contributed by atoms with Crippen LogP contribution in [0.25, 0.3) is 0 Å². The molecule has 3 atom stereocenters. The molecular weight excluding hydrogens is 358 g/mol. The summed E-state index contributed by atoms with van der Waals surface area (Å²) in [6.07, 6.45) is 4.78. The highest BCUT2D eigenvalue weighted by atomic mass is 79.9. The third-order valence-electron chi connectivity index (χ3n) is 5.47. The fourth-order valence-electron chi connectivity index (χ4n) is 4.35. The molecule has 6 heteroatoms. The second-order valence-corrected chi connectivity index (χ2v) is 7.85. The highest BCUT2D eigenvalue weighted by Gasteiger charge is 2.58. The number of carbonyl (C=O) groups excluding carboxylic acids is 1. The maximum atomic E-state index is 12.8. The molecule has 3 unspecified atom stereocenters. The number of benzene rings is 1. The van der Waals surface area contributed by atoms with Gasteiger partial charge < -0.3 is 10.5 Å². The van der Waals surface area contributed by atoms with Gasteiger partial charge in [-0.05, 0) is 43.4 Å². The summed E-state index contributed by atoms with van der Waals surface area (Å²) < 4.78 is 7.33. The monoisotopic (exact) mass is 377 g/mol. The first-order chi connectivity index (χ1) is 11.0. The van der Waals surface area contributed by atoms with Gasteiger partial charge in [0.25, 0.3) is 5.91 Å². The zero-order chi connectivity index (χ0) is 16.2. The quantitative estimate of drug-likeness (QED) is 0.789. The number of nitrogens with one attached hydrogen (secondary N) is 1. The topological polar surface area (TPSA) is 76.7 Å². The van der Waals surface area contributed by atoms with Gasteiger partial charge in [-0.2, -0.15) is 0 Å². The molecule has 1 aromatic rings. The van der Waals surface area contributed by atoms with Crippen LogP contribution in [0.4, 0.5) is 0 Å². The summed E-state index contributed by atoms with van der Waals surface area (Å²) >= 11 is 3.48. The zero-order valence-electron chi connectivity index (χ0n) is 13.1. The van der Waals surface area contributed by atoms with Crippen molar-refractivity contribution in [1.82, 2.24) is 5.32 Å². The molecule has 1 saturated carbocycles. The number of fused-ring (bicyclic) bond motifs is 2. The maximum absolute atomic E-state index is 12.8. The number of ether oxygens (including phenoxy) is 1. The fraction of sp³-hybridized carbons (Fsp3) is 0.529. The summed E-state index contributed by atoms with van der Waals surface area (Å²) in [5, 5.41) is 2.69. The Bertz CT molecular complexity index is 720. The van der Waals surface area contributed by atoms with Crippen LogP contribution in [-0.2, 0) is 10.3 Å². The second-order valence-electron chi connectivity index (χ2n) is 6.93. The summed E-state index contributed by atoms with van der Waals surface area (Å²) in [5.74, 6) is 1.46. The number of amides is 1. The van der Waals surface area contributed by atoms with Crippen LogP contribution in [0.1, 0.15) is 44.6 Å². The Hall–Kier alpha value is -1.56. The maximum Gasteiger partial charge on any atom is 0.259 e. The number of nitrogens with two attached hydrogens (primary N) is 1. The van der Waals surface area contributed by atoms with E-state index in [2.05, 4.69) is 33.2 Å². The molecular formula is C17H20BrN3O2. The van der Waals surface area contributed by atoms with Gasteiger partial charge in [0.2, 0.25) is 0 Å². The Kier molecular flexibility index (Phi) is 3.24. The highest BCUT2D eigenvalue weighted by Crippen LogP contribution is 2.54. The Morgan fingerprint density at radius 2 is 2.35 bits per heavy atom. The van der Waals surface area contributed by atoms with Gasteiger partial charge in [-0.15, -0.1) is 0 Å². The largest absolute Gasteiger partial charge is 0.487 e. The van der Waals surface area contributed by atoms with E-state index in [1.165, 1.54) is 0 Å². The Morgan fingerprint density at radius 3 is 3.00 bits per heavy atom. The van der Waals surface area contributed by atoms with Crippen LogP contribution in [0.2, 0.25) is 0 Å². The van der Waals surface area contributed by atoms with Gasteiger partial charge >= 0.3 is 0 Å². The van der Waals surface area contributed by atoms with Gasteiger partial charge in [0.05, 0.1) is 0 Å². The summed E-state index contributed by atoms with van der Waals surface area (Å²) in [4.78, 5) is 17.3. The Labute approximate surface area is 143 Å². The summed E-state index contributed by atoms with van der Waals surface area (Å²) in [7, 11) is 0. The van der Waals surface area contributed by atoms with E-state index < -0.39 is 5.54 Å². The molecule has 2 aliphatic heterocycles. The molecule has 5 nitrogen and oxygen atoms in total. The first-order valence-electron chi connectivity index (χ1n) is 8.12. The second kappa shape index (κ2) is 4.97. The molecule has 0 radical (unpaired) electrons. The molecule has 23 heavy (non-hydrogen) atoms. The van der Waals surface area contributed by atoms with Crippen molar-refractivity contribution in [3.05, 3.63) is 28.2 Å². The summed E-state index contributed by atoms with van der Waals surface area (Å²) in [6, 6.07) is 5.80. The number of rotatable bonds is 1. The number of nitrogens with zero attached hydrogens (tertiary/aromatic N) is 1. The van der Waals surface area contributed by atoms with E-state index in [0.29, 0.717) is 12.3 Å². The van der Waals surface area contributed by atoms with Crippen LogP contribution in [-0.4, -0.2) is 17.5 Å². The molecule has 4 rings (SSSR count). The van der Waals surface area contributed by atoms with Crippen LogP contribution < -0.4 is 15.8 Å². The van der Waals surface area contributed by atoms with Crippen molar-refractivity contribution in [3.8, 4) is 5.75 Å². The minimum Gasteiger partial charge on any atom is -0.487 e. The minimum absolute atomic E-state index is 0.142. The molecule has 122 valence electrons. The van der Waals surface area contributed by atoms with E-state index in [1.54, 1.807) is 0 Å².